The van der Waals surface area contributed by atoms with E-state index in [0.29, 0.717) is 0 Å². The number of aliphatic imine (C=N–C) groups is 1. The number of amidine groups is 1. The lowest BCUT2D eigenvalue weighted by Gasteiger charge is -2.43. The van der Waals surface area contributed by atoms with Crippen molar-refractivity contribution in [3.63, 3.8) is 0 Å². The number of hydrogen-bond donors (Lipinski definition) is 8. The lowest BCUT2D eigenvalue weighted by atomic mass is 9.94. The van der Waals surface area contributed by atoms with Crippen LogP contribution in [0.15, 0.2) is 4.99 Å². The minimum absolute atomic E-state index is 0.155. The molecule has 0 aliphatic carbocycles. The number of fused-ring (bicyclic) bond motifs is 1. The molecule has 144 valence electrons. The molecule has 12 nitrogen and oxygen atoms in total. The van der Waals surface area contributed by atoms with E-state index >= 15 is 0 Å². The van der Waals surface area contributed by atoms with Gasteiger partial charge in [0.25, 0.3) is 6.02 Å². The van der Waals surface area contributed by atoms with Crippen molar-refractivity contribution in [3.05, 3.63) is 0 Å². The minimum Gasteiger partial charge on any atom is -0.463 e. The van der Waals surface area contributed by atoms with Gasteiger partial charge in [-0.05, 0) is 0 Å². The predicted octanol–water partition coefficient (Wildman–Crippen LogP) is -5.74. The van der Waals surface area contributed by atoms with E-state index in [1.54, 1.807) is 0 Å². The van der Waals surface area contributed by atoms with E-state index in [1.165, 1.54) is 0 Å². The normalized spacial score (nSPS) is 52.2. The van der Waals surface area contributed by atoms with Crippen molar-refractivity contribution in [1.82, 2.24) is 4.90 Å². The highest BCUT2D eigenvalue weighted by Crippen LogP contribution is 2.30. The van der Waals surface area contributed by atoms with Gasteiger partial charge in [-0.25, -0.2) is 4.99 Å². The zero-order chi connectivity index (χ0) is 18.5. The molecule has 8 N–H and O–H groups in total. The first-order chi connectivity index (χ1) is 11.8. The van der Waals surface area contributed by atoms with E-state index in [2.05, 4.69) is 4.99 Å². The van der Waals surface area contributed by atoms with Crippen molar-refractivity contribution < 1.29 is 50.3 Å². The summed E-state index contributed by atoms with van der Waals surface area (Å²) in [5.74, 6) is 0. The van der Waals surface area contributed by atoms with Crippen LogP contribution in [-0.4, -0.2) is 126 Å². The van der Waals surface area contributed by atoms with E-state index in [0.717, 1.165) is 4.90 Å². The summed E-state index contributed by atoms with van der Waals surface area (Å²) in [5.41, 5.74) is 0. The van der Waals surface area contributed by atoms with Crippen LogP contribution in [0.2, 0.25) is 0 Å². The van der Waals surface area contributed by atoms with Gasteiger partial charge in [-0.1, -0.05) is 0 Å². The summed E-state index contributed by atoms with van der Waals surface area (Å²) in [5, 5.41) is 78.3. The van der Waals surface area contributed by atoms with E-state index in [4.69, 9.17) is 9.47 Å². The van der Waals surface area contributed by atoms with Gasteiger partial charge in [0.15, 0.2) is 12.5 Å². The average Bonchev–Trinajstić information content (AvgIpc) is 3.02. The smallest absolute Gasteiger partial charge is 0.292 e. The van der Waals surface area contributed by atoms with Crippen molar-refractivity contribution in [2.75, 3.05) is 13.2 Å². The number of nitrogens with zero attached hydrogens (tertiary/aromatic N) is 2. The molecular formula is C13H22N2O10. The molecule has 25 heavy (non-hydrogen) atoms. The molecule has 0 aromatic rings. The van der Waals surface area contributed by atoms with Gasteiger partial charge in [-0.15, -0.1) is 0 Å². The number of ether oxygens (including phenoxy) is 2. The largest absolute Gasteiger partial charge is 0.463 e. The fourth-order valence-electron chi connectivity index (χ4n) is 3.20. The molecule has 0 unspecified atom stereocenters. The van der Waals surface area contributed by atoms with Crippen molar-refractivity contribution in [1.29, 1.82) is 0 Å². The zero-order valence-electron chi connectivity index (χ0n) is 13.0. The van der Waals surface area contributed by atoms with Gasteiger partial charge < -0.3 is 50.3 Å². The Balaban J connectivity index is 1.84. The second-order valence-corrected chi connectivity index (χ2v) is 6.30. The molecule has 0 amide bonds. The van der Waals surface area contributed by atoms with Crippen LogP contribution in [0.1, 0.15) is 0 Å². The van der Waals surface area contributed by atoms with Gasteiger partial charge >= 0.3 is 0 Å². The molecule has 0 radical (unpaired) electrons. The molecule has 0 spiro atoms. The van der Waals surface area contributed by atoms with Crippen LogP contribution in [0.25, 0.3) is 0 Å². The van der Waals surface area contributed by atoms with Crippen LogP contribution in [0, 0.1) is 0 Å². The standard InChI is InChI=1S/C13H22N2O10/c16-1-4-6(18)8(20)9(21)11(25-4)14-13-15-3(2-24-13)5(17)7(19)10(22)12(15)23/h3-12,16-23H,1-2H2/b14-13+/t3-,4-,5-,6-,7+,8+,9-,10-,11-,12-/m1/s1. The Morgan fingerprint density at radius 1 is 0.880 bits per heavy atom. The second kappa shape index (κ2) is 6.90. The number of hydrogen-bond acceptors (Lipinski definition) is 11. The molecule has 3 aliphatic heterocycles. The maximum Gasteiger partial charge on any atom is 0.292 e. The number of rotatable bonds is 2. The van der Waals surface area contributed by atoms with E-state index in [9.17, 15) is 40.9 Å². The van der Waals surface area contributed by atoms with Gasteiger partial charge in [0.2, 0.25) is 0 Å². The molecule has 3 fully saturated rings. The Labute approximate surface area is 141 Å². The fourth-order valence-corrected chi connectivity index (χ4v) is 3.20. The number of aliphatic hydroxyl groups is 8. The van der Waals surface area contributed by atoms with Crippen LogP contribution >= 0.6 is 0 Å². The Morgan fingerprint density at radius 2 is 1.52 bits per heavy atom. The molecule has 3 aliphatic rings. The summed E-state index contributed by atoms with van der Waals surface area (Å²) >= 11 is 0. The van der Waals surface area contributed by atoms with Gasteiger partial charge in [-0.3, -0.25) is 4.90 Å². The summed E-state index contributed by atoms with van der Waals surface area (Å²) in [7, 11) is 0. The molecule has 0 aromatic carbocycles. The second-order valence-electron chi connectivity index (χ2n) is 6.30. The first kappa shape index (κ1) is 18.7. The molecule has 10 atom stereocenters. The number of piperidine rings is 1. The van der Waals surface area contributed by atoms with Crippen molar-refractivity contribution in [3.8, 4) is 0 Å². The Kier molecular flexibility index (Phi) is 5.16. The van der Waals surface area contributed by atoms with E-state index in [1.807, 2.05) is 0 Å². The SMILES string of the molecule is OC[C@H]1O[C@@H](/N=C2/OC[C@@H]3[C@@H](O)[C@H](O)[C@@H](O)[C@@H](O)N23)[C@H](O)[C@@H](O)[C@@H]1O. The summed E-state index contributed by atoms with van der Waals surface area (Å²) in [6, 6.07) is -1.18. The first-order valence-electron chi connectivity index (χ1n) is 7.79. The molecule has 0 bridgehead atoms. The van der Waals surface area contributed by atoms with Crippen molar-refractivity contribution in [2.24, 2.45) is 4.99 Å². The summed E-state index contributed by atoms with van der Waals surface area (Å²) < 4.78 is 10.5. The Hall–Kier alpha value is -1.09. The highest BCUT2D eigenvalue weighted by molar-refractivity contribution is 5.77. The van der Waals surface area contributed by atoms with Crippen LogP contribution in [0.3, 0.4) is 0 Å². The van der Waals surface area contributed by atoms with Crippen LogP contribution in [0.4, 0.5) is 0 Å². The highest BCUT2D eigenvalue weighted by atomic mass is 16.6. The van der Waals surface area contributed by atoms with Crippen molar-refractivity contribution in [2.45, 2.75) is 61.2 Å². The third-order valence-corrected chi connectivity index (χ3v) is 4.75. The van der Waals surface area contributed by atoms with E-state index < -0.39 is 67.8 Å². The van der Waals surface area contributed by atoms with Gasteiger partial charge in [0, 0.05) is 0 Å². The molecule has 12 heteroatoms. The van der Waals surface area contributed by atoms with Gasteiger partial charge in [0.1, 0.15) is 49.3 Å². The molecule has 0 aromatic heterocycles. The lowest BCUT2D eigenvalue weighted by molar-refractivity contribution is -0.227. The third kappa shape index (κ3) is 2.99. The maximum atomic E-state index is 10.1. The Bertz CT molecular complexity index is 519. The quantitative estimate of drug-likeness (QED) is 0.232. The Morgan fingerprint density at radius 3 is 2.16 bits per heavy atom. The fraction of sp³-hybridized carbons (Fsp3) is 0.923. The first-order valence-corrected chi connectivity index (χ1v) is 7.79. The van der Waals surface area contributed by atoms with Gasteiger partial charge in [0.05, 0.1) is 12.6 Å². The van der Waals surface area contributed by atoms with Crippen LogP contribution in [0.5, 0.6) is 0 Å². The molecule has 3 heterocycles. The van der Waals surface area contributed by atoms with Crippen LogP contribution < -0.4 is 0 Å². The predicted molar refractivity (Wildman–Crippen MR) is 76.8 cm³/mol. The van der Waals surface area contributed by atoms with Crippen molar-refractivity contribution >= 4 is 6.02 Å². The minimum atomic E-state index is -1.69. The molecule has 0 saturated carbocycles. The molecule has 3 saturated heterocycles. The summed E-state index contributed by atoms with van der Waals surface area (Å²) in [4.78, 5) is 4.96. The summed E-state index contributed by atoms with van der Waals surface area (Å²) in [6.07, 6.45) is -13.7. The monoisotopic (exact) mass is 366 g/mol. The van der Waals surface area contributed by atoms with Gasteiger partial charge in [-0.2, -0.15) is 0 Å². The lowest BCUT2D eigenvalue weighted by Crippen LogP contribution is -2.66. The molecule has 3 rings (SSSR count). The van der Waals surface area contributed by atoms with E-state index in [-0.39, 0.29) is 12.6 Å². The number of aliphatic hydroxyl groups excluding tert-OH is 8. The maximum absolute atomic E-state index is 10.1. The third-order valence-electron chi connectivity index (χ3n) is 4.75. The molecular weight excluding hydrogens is 344 g/mol. The average molecular weight is 366 g/mol. The zero-order valence-corrected chi connectivity index (χ0v) is 13.0. The topological polar surface area (TPSA) is 196 Å². The summed E-state index contributed by atoms with van der Waals surface area (Å²) in [6.45, 7) is -0.788. The highest BCUT2D eigenvalue weighted by Gasteiger charge is 2.53. The van der Waals surface area contributed by atoms with Crippen LogP contribution in [-0.2, 0) is 9.47 Å².